The lowest BCUT2D eigenvalue weighted by Crippen LogP contribution is -2.65. The van der Waals surface area contributed by atoms with Gasteiger partial charge in [-0.25, -0.2) is 0 Å². The molecule has 0 spiro atoms. The summed E-state index contributed by atoms with van der Waals surface area (Å²) >= 11 is 1.77. The highest BCUT2D eigenvalue weighted by molar-refractivity contribution is 7.19. The molecule has 0 bridgehead atoms. The fraction of sp³-hybridized carbons (Fsp3) is 0.714. The van der Waals surface area contributed by atoms with Gasteiger partial charge in [-0.1, -0.05) is 20.3 Å². The van der Waals surface area contributed by atoms with Crippen molar-refractivity contribution in [3.8, 4) is 0 Å². The number of fused-ring (bicyclic) bond motifs is 3. The average molecular weight is 499 g/mol. The zero-order valence-electron chi connectivity index (χ0n) is 21.8. The number of piperidine rings is 1. The van der Waals surface area contributed by atoms with Crippen molar-refractivity contribution in [3.63, 3.8) is 0 Å². The Morgan fingerprint density at radius 1 is 1.11 bits per heavy atom. The lowest BCUT2D eigenvalue weighted by Gasteiger charge is -2.45. The van der Waals surface area contributed by atoms with E-state index in [1.165, 1.54) is 24.1 Å². The van der Waals surface area contributed by atoms with Crippen molar-refractivity contribution >= 4 is 33.4 Å². The summed E-state index contributed by atoms with van der Waals surface area (Å²) in [5.41, 5.74) is 0.965. The van der Waals surface area contributed by atoms with E-state index in [0.717, 1.165) is 80.0 Å². The summed E-state index contributed by atoms with van der Waals surface area (Å²) < 4.78 is 3.28. The predicted molar refractivity (Wildman–Crippen MR) is 143 cm³/mol. The molecule has 0 radical (unpaired) electrons. The van der Waals surface area contributed by atoms with Crippen LogP contribution in [0.5, 0.6) is 0 Å². The summed E-state index contributed by atoms with van der Waals surface area (Å²) in [6.45, 7) is 10.9. The van der Waals surface area contributed by atoms with Gasteiger partial charge < -0.3 is 19.7 Å². The molecule has 2 aromatic rings. The summed E-state index contributed by atoms with van der Waals surface area (Å²) in [7, 11) is 0. The van der Waals surface area contributed by atoms with E-state index in [9.17, 15) is 9.59 Å². The highest BCUT2D eigenvalue weighted by Crippen LogP contribution is 2.36. The van der Waals surface area contributed by atoms with E-state index in [-0.39, 0.29) is 17.9 Å². The zero-order chi connectivity index (χ0) is 24.6. The molecule has 6 nitrogen and oxygen atoms in total. The highest BCUT2D eigenvalue weighted by Gasteiger charge is 2.48. The molecular weight excluding hydrogens is 456 g/mol. The minimum Gasteiger partial charge on any atom is -0.351 e. The van der Waals surface area contributed by atoms with Crippen LogP contribution in [0.3, 0.4) is 0 Å². The van der Waals surface area contributed by atoms with Gasteiger partial charge in [0.2, 0.25) is 5.91 Å². The van der Waals surface area contributed by atoms with Gasteiger partial charge in [-0.3, -0.25) is 9.59 Å². The summed E-state index contributed by atoms with van der Waals surface area (Å²) in [6.07, 6.45) is 10.2. The third-order valence-electron chi connectivity index (χ3n) is 8.66. The van der Waals surface area contributed by atoms with Gasteiger partial charge in [0.1, 0.15) is 11.2 Å². The molecule has 2 fully saturated rings. The quantitative estimate of drug-likeness (QED) is 0.581. The highest BCUT2D eigenvalue weighted by atomic mass is 32.1. The van der Waals surface area contributed by atoms with Crippen molar-refractivity contribution in [3.05, 3.63) is 22.7 Å². The second kappa shape index (κ2) is 10.3. The van der Waals surface area contributed by atoms with Crippen molar-refractivity contribution in [1.29, 1.82) is 0 Å². The first-order valence-electron chi connectivity index (χ1n) is 13.9. The van der Waals surface area contributed by atoms with Gasteiger partial charge in [-0.15, -0.1) is 11.3 Å². The van der Waals surface area contributed by atoms with Crippen molar-refractivity contribution in [2.75, 3.05) is 26.2 Å². The molecule has 1 N–H and O–H groups in total. The Morgan fingerprint density at radius 3 is 2.57 bits per heavy atom. The lowest BCUT2D eigenvalue weighted by molar-refractivity contribution is -0.133. The number of nitrogens with zero attached hydrogens (tertiary/aromatic N) is 3. The van der Waals surface area contributed by atoms with E-state index in [4.69, 9.17) is 0 Å². The van der Waals surface area contributed by atoms with Crippen molar-refractivity contribution < 1.29 is 9.59 Å². The number of aryl methyl sites for hydroxylation is 1. The molecule has 192 valence electrons. The molecule has 1 saturated heterocycles. The number of nitrogens with one attached hydrogen (secondary N) is 1. The molecule has 1 unspecified atom stereocenters. The van der Waals surface area contributed by atoms with Gasteiger partial charge >= 0.3 is 0 Å². The third kappa shape index (κ3) is 4.91. The molecule has 5 rings (SSSR count). The Bertz CT molecular complexity index is 1060. The minimum atomic E-state index is -0.880. The fourth-order valence-corrected chi connectivity index (χ4v) is 7.34. The predicted octanol–water partition coefficient (Wildman–Crippen LogP) is 5.05. The number of hydrogen-bond acceptors (Lipinski definition) is 4. The van der Waals surface area contributed by atoms with Crippen LogP contribution < -0.4 is 5.32 Å². The maximum atomic E-state index is 13.9. The number of amides is 2. The number of carbonyl (C=O) groups is 2. The van der Waals surface area contributed by atoms with Crippen LogP contribution in [0, 0.1) is 5.92 Å². The fourth-order valence-electron chi connectivity index (χ4n) is 6.29. The van der Waals surface area contributed by atoms with E-state index in [1.807, 2.05) is 11.8 Å². The van der Waals surface area contributed by atoms with Crippen LogP contribution in [0.4, 0.5) is 0 Å². The average Bonchev–Trinajstić information content (AvgIpc) is 3.42. The van der Waals surface area contributed by atoms with Crippen LogP contribution in [-0.2, 0) is 17.8 Å². The summed E-state index contributed by atoms with van der Waals surface area (Å²) in [6, 6.07) is 4.49. The molecule has 2 aliphatic heterocycles. The minimum absolute atomic E-state index is 0.00580. The molecule has 3 aliphatic rings. The lowest BCUT2D eigenvalue weighted by atomic mass is 9.86. The number of rotatable bonds is 7. The second-order valence-electron chi connectivity index (χ2n) is 11.3. The van der Waals surface area contributed by atoms with Crippen LogP contribution in [0.2, 0.25) is 0 Å². The largest absolute Gasteiger partial charge is 0.351 e. The monoisotopic (exact) mass is 498 g/mol. The number of thiophene rings is 1. The van der Waals surface area contributed by atoms with Crippen LogP contribution in [0.1, 0.15) is 87.5 Å². The standard InChI is InChI=1S/C28H42N4O2S/c1-4-22-17-23-25(35-22)18-24-26(33)32(16-8-15-30-13-6-5-7-14-30)28(3,19-31(23)24)27(34)29-21-11-9-20(2)10-12-21/h17-18,20-21H,4-16,19H2,1-3H3,(H,29,34). The first-order chi connectivity index (χ1) is 16.9. The van der Waals surface area contributed by atoms with Crippen molar-refractivity contribution in [2.24, 2.45) is 5.92 Å². The molecule has 1 aliphatic carbocycles. The summed E-state index contributed by atoms with van der Waals surface area (Å²) in [5, 5.41) is 3.37. The SMILES string of the molecule is CCc1cc2c(cc3n2CC(C)(C(=O)NC2CCC(C)CC2)N(CCCN2CCCCC2)C3=O)s1. The molecule has 0 aromatic carbocycles. The van der Waals surface area contributed by atoms with Crippen LogP contribution in [0.25, 0.3) is 10.2 Å². The second-order valence-corrected chi connectivity index (χ2v) is 12.5. The molecule has 7 heteroatoms. The van der Waals surface area contributed by atoms with Gasteiger partial charge in [0.05, 0.1) is 16.8 Å². The number of likely N-dealkylation sites (tertiary alicyclic amines) is 1. The topological polar surface area (TPSA) is 57.6 Å². The Morgan fingerprint density at radius 2 is 1.86 bits per heavy atom. The van der Waals surface area contributed by atoms with Crippen molar-refractivity contribution in [1.82, 2.24) is 19.7 Å². The van der Waals surface area contributed by atoms with Gasteiger partial charge in [-0.05, 0) is 96.0 Å². The van der Waals surface area contributed by atoms with Gasteiger partial charge in [0, 0.05) is 17.5 Å². The summed E-state index contributed by atoms with van der Waals surface area (Å²) in [4.78, 5) is 33.5. The molecule has 1 atom stereocenters. The molecule has 4 heterocycles. The smallest absolute Gasteiger partial charge is 0.271 e. The molecule has 35 heavy (non-hydrogen) atoms. The van der Waals surface area contributed by atoms with E-state index >= 15 is 0 Å². The molecule has 2 aromatic heterocycles. The normalized spacial score (nSPS) is 27.9. The summed E-state index contributed by atoms with van der Waals surface area (Å²) in [5.74, 6) is 0.761. The Kier molecular flexibility index (Phi) is 7.27. The Balaban J connectivity index is 1.39. The molecule has 1 saturated carbocycles. The van der Waals surface area contributed by atoms with Gasteiger partial charge in [0.15, 0.2) is 0 Å². The number of aromatic nitrogens is 1. The van der Waals surface area contributed by atoms with Gasteiger partial charge in [0.25, 0.3) is 5.91 Å². The zero-order valence-corrected chi connectivity index (χ0v) is 22.6. The maximum Gasteiger partial charge on any atom is 0.271 e. The maximum absolute atomic E-state index is 13.9. The van der Waals surface area contributed by atoms with Crippen LogP contribution in [0.15, 0.2) is 12.1 Å². The van der Waals surface area contributed by atoms with E-state index in [2.05, 4.69) is 40.8 Å². The molecular formula is C28H42N4O2S. The van der Waals surface area contributed by atoms with Crippen LogP contribution in [-0.4, -0.2) is 63.9 Å². The molecule has 2 amide bonds. The Hall–Kier alpha value is -1.86. The van der Waals surface area contributed by atoms with E-state index < -0.39 is 5.54 Å². The van der Waals surface area contributed by atoms with Crippen LogP contribution >= 0.6 is 11.3 Å². The number of hydrogen-bond donors (Lipinski definition) is 1. The third-order valence-corrected chi connectivity index (χ3v) is 9.88. The first kappa shape index (κ1) is 24.8. The Labute approximate surface area is 214 Å². The van der Waals surface area contributed by atoms with E-state index in [0.29, 0.717) is 13.1 Å². The first-order valence-corrected chi connectivity index (χ1v) is 14.7. The van der Waals surface area contributed by atoms with E-state index in [1.54, 1.807) is 11.3 Å². The van der Waals surface area contributed by atoms with Gasteiger partial charge in [-0.2, -0.15) is 0 Å². The number of carbonyl (C=O) groups excluding carboxylic acids is 2. The van der Waals surface area contributed by atoms with Crippen molar-refractivity contribution in [2.45, 2.75) is 96.7 Å².